The van der Waals surface area contributed by atoms with Gasteiger partial charge in [0.1, 0.15) is 5.60 Å². The summed E-state index contributed by atoms with van der Waals surface area (Å²) in [6.45, 7) is 7.88. The molecular weight excluding hydrogens is 238 g/mol. The lowest BCUT2D eigenvalue weighted by Crippen LogP contribution is -2.64. The van der Waals surface area contributed by atoms with Crippen molar-refractivity contribution in [2.45, 2.75) is 44.9 Å². The van der Waals surface area contributed by atoms with E-state index in [9.17, 15) is 14.7 Å². The predicted octanol–water partition coefficient (Wildman–Crippen LogP) is 0.297. The summed E-state index contributed by atoms with van der Waals surface area (Å²) in [5, 5.41) is 15.2. The lowest BCUT2D eigenvalue weighted by atomic mass is 10.0. The molecule has 0 aromatic carbocycles. The Hall–Kier alpha value is -1.34. The van der Waals surface area contributed by atoms with Gasteiger partial charge in [0.05, 0.1) is 11.6 Å². The number of nitrogens with one attached hydrogen (secondary N) is 1. The van der Waals surface area contributed by atoms with Gasteiger partial charge in [-0.05, 0) is 27.7 Å². The van der Waals surface area contributed by atoms with Crippen molar-refractivity contribution in [3.05, 3.63) is 0 Å². The van der Waals surface area contributed by atoms with E-state index in [1.807, 2.05) is 0 Å². The molecule has 0 saturated carbocycles. The van der Waals surface area contributed by atoms with E-state index in [-0.39, 0.29) is 6.04 Å². The zero-order valence-corrected chi connectivity index (χ0v) is 11.1. The topological polar surface area (TPSA) is 82.1 Å². The summed E-state index contributed by atoms with van der Waals surface area (Å²) in [4.78, 5) is 23.3. The summed E-state index contributed by atoms with van der Waals surface area (Å²) in [5.74, 6) is 0. The molecule has 0 radical (unpaired) electrons. The summed E-state index contributed by atoms with van der Waals surface area (Å²) in [5.41, 5.74) is -1.56. The largest absolute Gasteiger partial charge is 0.443 e. The highest BCUT2D eigenvalue weighted by molar-refractivity contribution is 5.91. The number of rotatable bonds is 0. The van der Waals surface area contributed by atoms with E-state index < -0.39 is 23.3 Å². The third kappa shape index (κ3) is 2.28. The van der Waals surface area contributed by atoms with Crippen LogP contribution in [0.5, 0.6) is 0 Å². The Morgan fingerprint density at radius 3 is 2.44 bits per heavy atom. The molecule has 102 valence electrons. The molecule has 3 fully saturated rings. The summed E-state index contributed by atoms with van der Waals surface area (Å²) in [7, 11) is 0. The number of imide groups is 1. The molecule has 3 rings (SSSR count). The molecule has 7 nitrogen and oxygen atoms in total. The summed E-state index contributed by atoms with van der Waals surface area (Å²) in [6, 6.07) is -0.821. The van der Waals surface area contributed by atoms with Crippen molar-refractivity contribution in [1.29, 1.82) is 0 Å². The average Bonchev–Trinajstić information content (AvgIpc) is 2.48. The molecule has 3 aliphatic heterocycles. The zero-order chi connectivity index (χ0) is 13.7. The van der Waals surface area contributed by atoms with E-state index in [4.69, 9.17) is 4.74 Å². The molecule has 3 aliphatic rings. The first-order valence-corrected chi connectivity index (χ1v) is 5.90. The minimum Gasteiger partial charge on any atom is -0.443 e. The molecule has 2 N–H and O–H groups in total. The van der Waals surface area contributed by atoms with Crippen molar-refractivity contribution in [2.24, 2.45) is 0 Å². The van der Waals surface area contributed by atoms with Gasteiger partial charge in [-0.3, -0.25) is 0 Å². The van der Waals surface area contributed by atoms with E-state index in [1.54, 1.807) is 32.7 Å². The highest BCUT2D eigenvalue weighted by Crippen LogP contribution is 2.37. The maximum Gasteiger partial charge on any atom is 0.415 e. The molecule has 2 bridgehead atoms. The van der Waals surface area contributed by atoms with E-state index in [0.29, 0.717) is 13.1 Å². The lowest BCUT2D eigenvalue weighted by molar-refractivity contribution is -0.0726. The van der Waals surface area contributed by atoms with Gasteiger partial charge in [-0.25, -0.2) is 24.9 Å². The maximum absolute atomic E-state index is 11.8. The van der Waals surface area contributed by atoms with Crippen LogP contribution in [0.3, 0.4) is 0 Å². The number of hydrogen-bond donors (Lipinski definition) is 2. The van der Waals surface area contributed by atoms with Crippen molar-refractivity contribution in [3.63, 3.8) is 0 Å². The monoisotopic (exact) mass is 257 g/mol. The second-order valence-electron chi connectivity index (χ2n) is 6.00. The number of carbonyl (C=O) groups excluding carboxylic acids is 2. The maximum atomic E-state index is 11.8. The number of urea groups is 1. The van der Waals surface area contributed by atoms with Crippen LogP contribution in [0.2, 0.25) is 0 Å². The molecule has 3 atom stereocenters. The Labute approximate surface area is 106 Å². The smallest absolute Gasteiger partial charge is 0.415 e. The van der Waals surface area contributed by atoms with Gasteiger partial charge >= 0.3 is 12.1 Å². The van der Waals surface area contributed by atoms with E-state index in [2.05, 4.69) is 5.32 Å². The Morgan fingerprint density at radius 2 is 2.06 bits per heavy atom. The number of ether oxygens (including phenoxy) is 1. The van der Waals surface area contributed by atoms with E-state index >= 15 is 0 Å². The van der Waals surface area contributed by atoms with Crippen molar-refractivity contribution in [2.75, 3.05) is 13.1 Å². The van der Waals surface area contributed by atoms with Crippen LogP contribution in [0.1, 0.15) is 27.7 Å². The first-order chi connectivity index (χ1) is 8.10. The molecular formula is C11H19N3O4. The molecule has 3 amide bonds. The molecule has 0 spiro atoms. The standard InChI is InChI=1S/C11H19N3O4/c1-10(2,3)18-9(16)12-8(15)14-7-5-13(14)6-11(7,4)17/h7,17H,5-6H2,1-4H3,(H,12,15,16)/t7-,11-/m0/s1. The van der Waals surface area contributed by atoms with Gasteiger partial charge in [0.15, 0.2) is 0 Å². The molecule has 1 unspecified atom stereocenters. The second kappa shape index (κ2) is 3.83. The normalized spacial score (nSPS) is 33.9. The molecule has 0 aliphatic carbocycles. The summed E-state index contributed by atoms with van der Waals surface area (Å²) >= 11 is 0. The third-order valence-corrected chi connectivity index (χ3v) is 3.02. The van der Waals surface area contributed by atoms with Crippen LogP contribution >= 0.6 is 0 Å². The molecule has 0 aromatic rings. The second-order valence-corrected chi connectivity index (χ2v) is 6.00. The highest BCUT2D eigenvalue weighted by Gasteiger charge is 2.59. The quantitative estimate of drug-likeness (QED) is 0.652. The van der Waals surface area contributed by atoms with Crippen LogP contribution in [0, 0.1) is 0 Å². The first kappa shape index (κ1) is 13.1. The van der Waals surface area contributed by atoms with Crippen molar-refractivity contribution in [1.82, 2.24) is 15.3 Å². The number of carbonyl (C=O) groups is 2. The number of alkyl carbamates (subject to hydrolysis) is 1. The zero-order valence-electron chi connectivity index (χ0n) is 11.1. The molecule has 3 saturated heterocycles. The van der Waals surface area contributed by atoms with Crippen LogP contribution in [0.15, 0.2) is 0 Å². The number of nitrogens with zero attached hydrogens (tertiary/aromatic N) is 2. The van der Waals surface area contributed by atoms with Crippen molar-refractivity contribution in [3.8, 4) is 0 Å². The first-order valence-electron chi connectivity index (χ1n) is 5.90. The van der Waals surface area contributed by atoms with Crippen LogP contribution in [-0.4, -0.2) is 57.6 Å². The number of fused-ring (bicyclic) bond motifs is 1. The van der Waals surface area contributed by atoms with E-state index in [0.717, 1.165) is 0 Å². The Balaban J connectivity index is 1.90. The van der Waals surface area contributed by atoms with Gasteiger partial charge in [0, 0.05) is 13.1 Å². The number of aliphatic hydroxyl groups is 1. The van der Waals surface area contributed by atoms with Gasteiger partial charge in [-0.2, -0.15) is 0 Å². The minimum absolute atomic E-state index is 0.264. The fourth-order valence-electron chi connectivity index (χ4n) is 2.26. The van der Waals surface area contributed by atoms with Gasteiger partial charge in [-0.1, -0.05) is 0 Å². The van der Waals surface area contributed by atoms with Crippen molar-refractivity contribution < 1.29 is 19.4 Å². The number of hydrogen-bond acceptors (Lipinski definition) is 5. The minimum atomic E-state index is -0.911. The van der Waals surface area contributed by atoms with Gasteiger partial charge in [-0.15, -0.1) is 0 Å². The van der Waals surface area contributed by atoms with Crippen LogP contribution < -0.4 is 5.32 Å². The van der Waals surface area contributed by atoms with Gasteiger partial charge in [0.25, 0.3) is 0 Å². The Kier molecular flexibility index (Phi) is 2.78. The Morgan fingerprint density at radius 1 is 1.44 bits per heavy atom. The van der Waals surface area contributed by atoms with Gasteiger partial charge in [0.2, 0.25) is 0 Å². The number of hydrazine groups is 1. The fourth-order valence-corrected chi connectivity index (χ4v) is 2.26. The predicted molar refractivity (Wildman–Crippen MR) is 62.6 cm³/mol. The fraction of sp³-hybridized carbons (Fsp3) is 0.818. The summed E-state index contributed by atoms with van der Waals surface area (Å²) in [6.07, 6.45) is -0.778. The lowest BCUT2D eigenvalue weighted by Gasteiger charge is -2.42. The molecule has 0 aromatic heterocycles. The summed E-state index contributed by atoms with van der Waals surface area (Å²) < 4.78 is 4.99. The van der Waals surface area contributed by atoms with Crippen LogP contribution in [0.4, 0.5) is 9.59 Å². The third-order valence-electron chi connectivity index (χ3n) is 3.02. The number of amides is 3. The Bertz CT molecular complexity index is 388. The highest BCUT2D eigenvalue weighted by atomic mass is 16.6. The average molecular weight is 257 g/mol. The SMILES string of the molecule is CC(C)(C)OC(=O)NC(=O)N1[C@H]2CN1C[C@]2(C)O. The molecule has 18 heavy (non-hydrogen) atoms. The van der Waals surface area contributed by atoms with Crippen molar-refractivity contribution >= 4 is 12.1 Å². The van der Waals surface area contributed by atoms with Gasteiger partial charge < -0.3 is 9.84 Å². The van der Waals surface area contributed by atoms with E-state index in [1.165, 1.54) is 5.01 Å². The molecule has 7 heteroatoms. The van der Waals surface area contributed by atoms with Crippen LogP contribution in [-0.2, 0) is 4.74 Å². The van der Waals surface area contributed by atoms with Crippen LogP contribution in [0.25, 0.3) is 0 Å². The molecule has 3 heterocycles.